The Morgan fingerprint density at radius 1 is 1.47 bits per heavy atom. The van der Waals surface area contributed by atoms with Gasteiger partial charge in [-0.25, -0.2) is 9.18 Å². The van der Waals surface area contributed by atoms with Crippen LogP contribution in [0.1, 0.15) is 32.4 Å². The lowest BCUT2D eigenvalue weighted by Crippen LogP contribution is -2.38. The lowest BCUT2D eigenvalue weighted by atomic mass is 10.1. The zero-order chi connectivity index (χ0) is 14.6. The fourth-order valence-electron chi connectivity index (χ4n) is 1.63. The highest BCUT2D eigenvalue weighted by Crippen LogP contribution is 2.22. The molecule has 0 bridgehead atoms. The van der Waals surface area contributed by atoms with Gasteiger partial charge in [0.2, 0.25) is 0 Å². The highest BCUT2D eigenvalue weighted by Gasteiger charge is 2.26. The van der Waals surface area contributed by atoms with E-state index in [0.29, 0.717) is 5.56 Å². The summed E-state index contributed by atoms with van der Waals surface area (Å²) in [6, 6.07) is 5.17. The summed E-state index contributed by atoms with van der Waals surface area (Å²) >= 11 is 0. The molecule has 0 aliphatic heterocycles. The van der Waals surface area contributed by atoms with Gasteiger partial charge in [0.05, 0.1) is 12.6 Å². The molecule has 1 aromatic carbocycles. The molecule has 0 fully saturated rings. The average Bonchev–Trinajstić information content (AvgIpc) is 2.27. The molecule has 4 nitrogen and oxygen atoms in total. The minimum atomic E-state index is -0.634. The Bertz CT molecular complexity index is 443. The number of amides is 1. The van der Waals surface area contributed by atoms with Crippen LogP contribution in [0.5, 0.6) is 0 Å². The molecule has 19 heavy (non-hydrogen) atoms. The fourth-order valence-corrected chi connectivity index (χ4v) is 1.63. The summed E-state index contributed by atoms with van der Waals surface area (Å²) in [4.78, 5) is 13.2. The van der Waals surface area contributed by atoms with Crippen molar-refractivity contribution in [2.24, 2.45) is 0 Å². The van der Waals surface area contributed by atoms with E-state index in [1.807, 2.05) is 0 Å². The Morgan fingerprint density at radius 3 is 2.58 bits per heavy atom. The van der Waals surface area contributed by atoms with Crippen LogP contribution in [-0.2, 0) is 4.74 Å². The number of benzene rings is 1. The monoisotopic (exact) mass is 269 g/mol. The lowest BCUT2D eigenvalue weighted by Gasteiger charge is -2.30. The first kappa shape index (κ1) is 15.4. The van der Waals surface area contributed by atoms with E-state index < -0.39 is 23.6 Å². The number of hydrogen-bond acceptors (Lipinski definition) is 3. The lowest BCUT2D eigenvalue weighted by molar-refractivity contribution is 0.0159. The van der Waals surface area contributed by atoms with Crippen LogP contribution in [0.15, 0.2) is 24.3 Å². The van der Waals surface area contributed by atoms with Crippen molar-refractivity contribution in [3.8, 4) is 0 Å². The third-order valence-corrected chi connectivity index (χ3v) is 2.56. The van der Waals surface area contributed by atoms with Crippen molar-refractivity contribution < 1.29 is 19.0 Å². The van der Waals surface area contributed by atoms with E-state index in [4.69, 9.17) is 4.74 Å². The second-order valence-corrected chi connectivity index (χ2v) is 5.34. The molecule has 0 spiro atoms. The molecule has 1 aromatic rings. The SMILES string of the molecule is CN(C(=O)OC(C)(C)C)C(CO)c1cccc(F)c1. The Hall–Kier alpha value is -1.62. The number of aliphatic hydroxyl groups is 1. The predicted molar refractivity (Wildman–Crippen MR) is 70.2 cm³/mol. The maximum absolute atomic E-state index is 13.2. The van der Waals surface area contributed by atoms with Gasteiger partial charge in [0, 0.05) is 7.05 Å². The number of aliphatic hydroxyl groups excluding tert-OH is 1. The number of nitrogens with zero attached hydrogens (tertiary/aromatic N) is 1. The predicted octanol–water partition coefficient (Wildman–Crippen LogP) is 2.73. The second kappa shape index (κ2) is 6.02. The summed E-state index contributed by atoms with van der Waals surface area (Å²) in [7, 11) is 1.51. The molecule has 0 radical (unpaired) electrons. The van der Waals surface area contributed by atoms with Crippen molar-refractivity contribution in [3.63, 3.8) is 0 Å². The Kier molecular flexibility index (Phi) is 4.89. The third kappa shape index (κ3) is 4.52. The third-order valence-electron chi connectivity index (χ3n) is 2.56. The smallest absolute Gasteiger partial charge is 0.410 e. The molecule has 1 rings (SSSR count). The zero-order valence-corrected chi connectivity index (χ0v) is 11.7. The van der Waals surface area contributed by atoms with Gasteiger partial charge >= 0.3 is 6.09 Å². The number of likely N-dealkylation sites (N-methyl/N-ethyl adjacent to an activating group) is 1. The van der Waals surface area contributed by atoms with E-state index in [0.717, 1.165) is 0 Å². The minimum Gasteiger partial charge on any atom is -0.444 e. The molecule has 0 saturated heterocycles. The van der Waals surface area contributed by atoms with Gasteiger partial charge in [-0.3, -0.25) is 0 Å². The van der Waals surface area contributed by atoms with Crippen LogP contribution in [0, 0.1) is 5.82 Å². The van der Waals surface area contributed by atoms with Gasteiger partial charge in [0.25, 0.3) is 0 Å². The van der Waals surface area contributed by atoms with Crippen LogP contribution in [-0.4, -0.2) is 35.4 Å². The van der Waals surface area contributed by atoms with Gasteiger partial charge in [-0.1, -0.05) is 12.1 Å². The van der Waals surface area contributed by atoms with Crippen LogP contribution >= 0.6 is 0 Å². The normalized spacial score (nSPS) is 12.9. The Balaban J connectivity index is 2.88. The molecule has 0 aliphatic rings. The van der Waals surface area contributed by atoms with Crippen molar-refractivity contribution in [1.29, 1.82) is 0 Å². The largest absolute Gasteiger partial charge is 0.444 e. The van der Waals surface area contributed by atoms with E-state index >= 15 is 0 Å². The minimum absolute atomic E-state index is 0.306. The van der Waals surface area contributed by atoms with Gasteiger partial charge < -0.3 is 14.7 Å². The van der Waals surface area contributed by atoms with Crippen molar-refractivity contribution >= 4 is 6.09 Å². The first-order valence-corrected chi connectivity index (χ1v) is 6.06. The summed E-state index contributed by atoms with van der Waals surface area (Å²) in [5.74, 6) is -0.409. The Labute approximate surface area is 112 Å². The zero-order valence-electron chi connectivity index (χ0n) is 11.7. The molecule has 0 aromatic heterocycles. The van der Waals surface area contributed by atoms with Gasteiger partial charge in [0.1, 0.15) is 11.4 Å². The van der Waals surface area contributed by atoms with E-state index in [-0.39, 0.29) is 6.61 Å². The fraction of sp³-hybridized carbons (Fsp3) is 0.500. The molecule has 1 amide bonds. The number of ether oxygens (including phenoxy) is 1. The Morgan fingerprint density at radius 2 is 2.11 bits per heavy atom. The molecular formula is C14H20FNO3. The van der Waals surface area contributed by atoms with E-state index in [2.05, 4.69) is 0 Å². The highest BCUT2D eigenvalue weighted by atomic mass is 19.1. The molecule has 5 heteroatoms. The van der Waals surface area contributed by atoms with E-state index in [9.17, 15) is 14.3 Å². The van der Waals surface area contributed by atoms with Crippen LogP contribution in [0.4, 0.5) is 9.18 Å². The summed E-state index contributed by atoms with van der Waals surface area (Å²) in [5.41, 5.74) is -0.0938. The van der Waals surface area contributed by atoms with Gasteiger partial charge in [0.15, 0.2) is 0 Å². The number of carbonyl (C=O) groups excluding carboxylic acids is 1. The maximum atomic E-state index is 13.2. The topological polar surface area (TPSA) is 49.8 Å². The van der Waals surface area contributed by atoms with Gasteiger partial charge in [-0.05, 0) is 38.5 Å². The highest BCUT2D eigenvalue weighted by molar-refractivity contribution is 5.68. The van der Waals surface area contributed by atoms with Crippen LogP contribution < -0.4 is 0 Å². The molecule has 1 atom stereocenters. The van der Waals surface area contributed by atoms with Crippen molar-refractivity contribution in [3.05, 3.63) is 35.6 Å². The van der Waals surface area contributed by atoms with Crippen LogP contribution in [0.2, 0.25) is 0 Å². The van der Waals surface area contributed by atoms with E-state index in [1.165, 1.54) is 30.1 Å². The summed E-state index contributed by atoms with van der Waals surface area (Å²) in [6.07, 6.45) is -0.559. The molecule has 0 saturated carbocycles. The molecule has 106 valence electrons. The van der Waals surface area contributed by atoms with Crippen molar-refractivity contribution in [1.82, 2.24) is 4.90 Å². The second-order valence-electron chi connectivity index (χ2n) is 5.34. The standard InChI is InChI=1S/C14H20FNO3/c1-14(2,3)19-13(18)16(4)12(9-17)10-6-5-7-11(15)8-10/h5-8,12,17H,9H2,1-4H3. The molecule has 1 N–H and O–H groups in total. The summed E-state index contributed by atoms with van der Waals surface area (Å²) in [6.45, 7) is 4.97. The molecule has 1 unspecified atom stereocenters. The first-order valence-electron chi connectivity index (χ1n) is 6.06. The molecular weight excluding hydrogens is 249 g/mol. The molecule has 0 aliphatic carbocycles. The van der Waals surface area contributed by atoms with Crippen LogP contribution in [0.3, 0.4) is 0 Å². The number of hydrogen-bond donors (Lipinski definition) is 1. The molecule has 0 heterocycles. The number of rotatable bonds is 3. The van der Waals surface area contributed by atoms with Crippen molar-refractivity contribution in [2.45, 2.75) is 32.4 Å². The maximum Gasteiger partial charge on any atom is 0.410 e. The quantitative estimate of drug-likeness (QED) is 0.918. The number of halogens is 1. The summed E-state index contributed by atoms with van der Waals surface area (Å²) < 4.78 is 18.4. The first-order chi connectivity index (χ1) is 8.74. The van der Waals surface area contributed by atoms with Gasteiger partial charge in [-0.15, -0.1) is 0 Å². The van der Waals surface area contributed by atoms with Crippen molar-refractivity contribution in [2.75, 3.05) is 13.7 Å². The summed E-state index contributed by atoms with van der Waals surface area (Å²) in [5, 5.41) is 9.42. The van der Waals surface area contributed by atoms with Gasteiger partial charge in [-0.2, -0.15) is 0 Å². The van der Waals surface area contributed by atoms with E-state index in [1.54, 1.807) is 26.8 Å². The van der Waals surface area contributed by atoms with Crippen LogP contribution in [0.25, 0.3) is 0 Å². The number of carbonyl (C=O) groups is 1. The average molecular weight is 269 g/mol.